The van der Waals surface area contributed by atoms with Gasteiger partial charge < -0.3 is 0 Å². The van der Waals surface area contributed by atoms with Crippen molar-refractivity contribution in [2.24, 2.45) is 0 Å². The van der Waals surface area contributed by atoms with E-state index in [1.165, 1.54) is 23.0 Å². The molecule has 0 unspecified atom stereocenters. The maximum absolute atomic E-state index is 2.21. The molecule has 0 aliphatic heterocycles. The standard InChI is InChI=1S/C12H20S5/c1-13-5-9-10(6-14-2)12(8-16-4)17-11(9)7-15-3/h5-8H2,1-4H3. The van der Waals surface area contributed by atoms with Gasteiger partial charge in [-0.1, -0.05) is 0 Å². The summed E-state index contributed by atoms with van der Waals surface area (Å²) in [5.41, 5.74) is 3.27. The van der Waals surface area contributed by atoms with Crippen LogP contribution in [0.5, 0.6) is 0 Å². The molecule has 0 aliphatic carbocycles. The Morgan fingerprint density at radius 3 is 1.29 bits per heavy atom. The summed E-state index contributed by atoms with van der Waals surface area (Å²) in [6.07, 6.45) is 8.81. The fraction of sp³-hybridized carbons (Fsp3) is 0.667. The molecule has 0 aromatic carbocycles. The Morgan fingerprint density at radius 1 is 0.647 bits per heavy atom. The number of hydrogen-bond donors (Lipinski definition) is 0. The molecule has 1 heterocycles. The van der Waals surface area contributed by atoms with E-state index in [2.05, 4.69) is 25.0 Å². The molecule has 0 N–H and O–H groups in total. The van der Waals surface area contributed by atoms with Crippen LogP contribution in [0.25, 0.3) is 0 Å². The molecule has 0 atom stereocenters. The molecule has 0 radical (unpaired) electrons. The van der Waals surface area contributed by atoms with E-state index < -0.39 is 0 Å². The lowest BCUT2D eigenvalue weighted by molar-refractivity contribution is 1.25. The zero-order valence-electron chi connectivity index (χ0n) is 10.9. The Hall–Kier alpha value is 1.10. The third-order valence-corrected chi connectivity index (χ3v) is 6.36. The summed E-state index contributed by atoms with van der Waals surface area (Å²) in [5.74, 6) is 4.71. The van der Waals surface area contributed by atoms with E-state index in [9.17, 15) is 0 Å². The molecule has 1 aromatic rings. The van der Waals surface area contributed by atoms with Gasteiger partial charge >= 0.3 is 0 Å². The van der Waals surface area contributed by atoms with Crippen LogP contribution in [0.15, 0.2) is 0 Å². The monoisotopic (exact) mass is 324 g/mol. The summed E-state index contributed by atoms with van der Waals surface area (Å²) >= 11 is 9.82. The highest BCUT2D eigenvalue weighted by molar-refractivity contribution is 7.98. The van der Waals surface area contributed by atoms with E-state index in [0.29, 0.717) is 0 Å². The molecule has 0 saturated carbocycles. The Kier molecular flexibility index (Phi) is 8.62. The minimum Gasteiger partial charge on any atom is -0.161 e. The molecule has 0 nitrogen and oxygen atoms in total. The van der Waals surface area contributed by atoms with E-state index in [0.717, 1.165) is 0 Å². The minimum atomic E-state index is 1.18. The van der Waals surface area contributed by atoms with Gasteiger partial charge in [0.1, 0.15) is 0 Å². The van der Waals surface area contributed by atoms with Gasteiger partial charge in [0.2, 0.25) is 0 Å². The Labute approximate surface area is 126 Å². The lowest BCUT2D eigenvalue weighted by atomic mass is 10.1. The average Bonchev–Trinajstić information content (AvgIpc) is 2.61. The largest absolute Gasteiger partial charge is 0.161 e. The summed E-state index contributed by atoms with van der Waals surface area (Å²) in [5, 5.41) is 0. The van der Waals surface area contributed by atoms with Gasteiger partial charge in [-0.25, -0.2) is 0 Å². The normalized spacial score (nSPS) is 11.1. The van der Waals surface area contributed by atoms with E-state index in [1.54, 1.807) is 20.9 Å². The predicted octanol–water partition coefficient (Wildman–Crippen LogP) is 5.20. The Balaban J connectivity index is 3.07. The first-order valence-electron chi connectivity index (χ1n) is 5.36. The van der Waals surface area contributed by atoms with Gasteiger partial charge in [-0.05, 0) is 36.1 Å². The summed E-state index contributed by atoms with van der Waals surface area (Å²) in [6, 6.07) is 0. The molecule has 0 bridgehead atoms. The highest BCUT2D eigenvalue weighted by atomic mass is 32.2. The average molecular weight is 325 g/mol. The van der Waals surface area contributed by atoms with Crippen LogP contribution in [0, 0.1) is 0 Å². The van der Waals surface area contributed by atoms with Gasteiger partial charge in [0.05, 0.1) is 0 Å². The second kappa shape index (κ2) is 9.08. The van der Waals surface area contributed by atoms with Crippen LogP contribution in [-0.2, 0) is 23.0 Å². The van der Waals surface area contributed by atoms with Crippen LogP contribution in [0.4, 0.5) is 0 Å². The molecular weight excluding hydrogens is 304 g/mol. The van der Waals surface area contributed by atoms with Crippen molar-refractivity contribution >= 4 is 58.4 Å². The highest BCUT2D eigenvalue weighted by Crippen LogP contribution is 2.36. The molecule has 98 valence electrons. The highest BCUT2D eigenvalue weighted by Gasteiger charge is 2.16. The second-order valence-electron chi connectivity index (χ2n) is 3.64. The van der Waals surface area contributed by atoms with E-state index in [-0.39, 0.29) is 0 Å². The molecule has 1 aromatic heterocycles. The summed E-state index contributed by atoms with van der Waals surface area (Å²) in [7, 11) is 0. The topological polar surface area (TPSA) is 0 Å². The number of hydrogen-bond acceptors (Lipinski definition) is 5. The molecular formula is C12H20S5. The molecule has 1 rings (SSSR count). The van der Waals surface area contributed by atoms with E-state index in [4.69, 9.17) is 0 Å². The third kappa shape index (κ3) is 4.60. The van der Waals surface area contributed by atoms with Crippen LogP contribution in [0.1, 0.15) is 20.9 Å². The quantitative estimate of drug-likeness (QED) is 0.644. The molecule has 0 aliphatic rings. The summed E-state index contributed by atoms with van der Waals surface area (Å²) < 4.78 is 0. The minimum absolute atomic E-state index is 1.18. The lowest BCUT2D eigenvalue weighted by Gasteiger charge is -2.06. The van der Waals surface area contributed by atoms with Crippen molar-refractivity contribution in [2.45, 2.75) is 23.0 Å². The summed E-state index contributed by atoms with van der Waals surface area (Å²) in [6.45, 7) is 0. The second-order valence-corrected chi connectivity index (χ2v) is 8.29. The maximum atomic E-state index is 2.21. The number of rotatable bonds is 8. The number of thioether (sulfide) groups is 4. The zero-order chi connectivity index (χ0) is 12.7. The van der Waals surface area contributed by atoms with Crippen LogP contribution in [0.2, 0.25) is 0 Å². The number of thiophene rings is 1. The van der Waals surface area contributed by atoms with Gasteiger partial charge in [0.25, 0.3) is 0 Å². The first-order valence-corrected chi connectivity index (χ1v) is 11.8. The van der Waals surface area contributed by atoms with Crippen LogP contribution in [0.3, 0.4) is 0 Å². The van der Waals surface area contributed by atoms with Gasteiger partial charge in [0, 0.05) is 32.8 Å². The molecule has 0 fully saturated rings. The van der Waals surface area contributed by atoms with E-state index >= 15 is 0 Å². The van der Waals surface area contributed by atoms with Crippen molar-refractivity contribution in [3.8, 4) is 0 Å². The van der Waals surface area contributed by atoms with Crippen LogP contribution >= 0.6 is 58.4 Å². The fourth-order valence-corrected chi connectivity index (χ4v) is 6.17. The van der Waals surface area contributed by atoms with Crippen LogP contribution in [-0.4, -0.2) is 25.0 Å². The SMILES string of the molecule is CSCc1sc(CSC)c(CSC)c1CSC. The zero-order valence-corrected chi connectivity index (χ0v) is 15.0. The Morgan fingerprint density at radius 2 is 1.00 bits per heavy atom. The van der Waals surface area contributed by atoms with Crippen molar-refractivity contribution in [2.75, 3.05) is 25.0 Å². The van der Waals surface area contributed by atoms with Crippen molar-refractivity contribution in [1.82, 2.24) is 0 Å². The molecule has 0 saturated heterocycles. The molecule has 0 spiro atoms. The van der Waals surface area contributed by atoms with Gasteiger partial charge in [-0.15, -0.1) is 11.3 Å². The predicted molar refractivity (Wildman–Crippen MR) is 93.2 cm³/mol. The lowest BCUT2D eigenvalue weighted by Crippen LogP contribution is -1.92. The third-order valence-electron chi connectivity index (χ3n) is 2.41. The summed E-state index contributed by atoms with van der Waals surface area (Å²) in [4.78, 5) is 3.22. The maximum Gasteiger partial charge on any atom is 0.0279 e. The van der Waals surface area contributed by atoms with Crippen molar-refractivity contribution < 1.29 is 0 Å². The Bertz CT molecular complexity index is 301. The van der Waals surface area contributed by atoms with Crippen molar-refractivity contribution in [1.29, 1.82) is 0 Å². The molecule has 0 amide bonds. The molecule has 17 heavy (non-hydrogen) atoms. The first kappa shape index (κ1) is 16.2. The van der Waals surface area contributed by atoms with Gasteiger partial charge in [-0.2, -0.15) is 47.0 Å². The van der Waals surface area contributed by atoms with Crippen molar-refractivity contribution in [3.63, 3.8) is 0 Å². The van der Waals surface area contributed by atoms with Crippen LogP contribution < -0.4 is 0 Å². The fourth-order valence-electron chi connectivity index (χ4n) is 1.73. The van der Waals surface area contributed by atoms with E-state index in [1.807, 2.05) is 58.4 Å². The van der Waals surface area contributed by atoms with Gasteiger partial charge in [-0.3, -0.25) is 0 Å². The van der Waals surface area contributed by atoms with Gasteiger partial charge in [0.15, 0.2) is 0 Å². The smallest absolute Gasteiger partial charge is 0.0279 e. The van der Waals surface area contributed by atoms with Crippen molar-refractivity contribution in [3.05, 3.63) is 20.9 Å². The first-order chi connectivity index (χ1) is 8.28. The molecule has 5 heteroatoms.